The number of carbonyl (C=O) groups is 1. The Hall–Kier alpha value is -3.34. The molecule has 166 valence electrons. The normalized spacial score (nSPS) is 11.9. The lowest BCUT2D eigenvalue weighted by atomic mass is 10.1. The van der Waals surface area contributed by atoms with E-state index in [0.29, 0.717) is 16.9 Å². The van der Waals surface area contributed by atoms with Crippen LogP contribution in [-0.2, 0) is 16.5 Å². The third kappa shape index (κ3) is 6.58. The molecule has 0 saturated heterocycles. The number of carbonyl (C=O) groups excluding carboxylic acids is 1. The molecule has 0 heterocycles. The second-order valence-corrected chi connectivity index (χ2v) is 8.81. The first kappa shape index (κ1) is 23.3. The summed E-state index contributed by atoms with van der Waals surface area (Å²) < 4.78 is 46.8. The molecule has 4 N–H and O–H groups in total. The molecule has 10 heteroatoms. The summed E-state index contributed by atoms with van der Waals surface area (Å²) in [5.74, 6) is -1.21. The number of anilines is 2. The summed E-state index contributed by atoms with van der Waals surface area (Å²) in [6.07, 6.45) is 0.0164. The van der Waals surface area contributed by atoms with E-state index in [9.17, 15) is 22.2 Å². The minimum atomic E-state index is -4.42. The van der Waals surface area contributed by atoms with Crippen LogP contribution in [0.3, 0.4) is 0 Å². The summed E-state index contributed by atoms with van der Waals surface area (Å²) in [4.78, 5) is 12.2. The van der Waals surface area contributed by atoms with Crippen molar-refractivity contribution in [1.29, 1.82) is 0 Å². The van der Waals surface area contributed by atoms with Crippen LogP contribution in [0, 0.1) is 5.82 Å². The van der Waals surface area contributed by atoms with Gasteiger partial charge in [-0.15, -0.1) is 0 Å². The zero-order valence-electron chi connectivity index (χ0n) is 16.7. The second-order valence-electron chi connectivity index (χ2n) is 6.80. The highest BCUT2D eigenvalue weighted by Gasteiger charge is 2.24. The Morgan fingerprint density at radius 2 is 1.47 bits per heavy atom. The van der Waals surface area contributed by atoms with Crippen LogP contribution in [0.25, 0.3) is 0 Å². The topological polar surface area (TPSA) is 108 Å². The first-order chi connectivity index (χ1) is 15.2. The third-order valence-corrected chi connectivity index (χ3v) is 5.66. The highest BCUT2D eigenvalue weighted by atomic mass is 32.2. The molecule has 7 nitrogen and oxygen atoms in total. The third-order valence-electron chi connectivity index (χ3n) is 4.43. The van der Waals surface area contributed by atoms with Gasteiger partial charge < -0.3 is 16.0 Å². The fourth-order valence-electron chi connectivity index (χ4n) is 2.85. The van der Waals surface area contributed by atoms with Crippen molar-refractivity contribution < 1.29 is 22.2 Å². The molecule has 3 aromatic rings. The van der Waals surface area contributed by atoms with Crippen LogP contribution < -0.4 is 16.0 Å². The molecule has 1 atom stereocenters. The van der Waals surface area contributed by atoms with Gasteiger partial charge in [-0.25, -0.2) is 4.39 Å². The Labute approximate surface area is 190 Å². The van der Waals surface area contributed by atoms with Crippen LogP contribution in [0.2, 0.25) is 0 Å². The molecule has 0 aliphatic heterocycles. The van der Waals surface area contributed by atoms with Crippen LogP contribution in [0.1, 0.15) is 15.9 Å². The van der Waals surface area contributed by atoms with Gasteiger partial charge in [0.2, 0.25) is 0 Å². The maximum absolute atomic E-state index is 13.7. The van der Waals surface area contributed by atoms with Gasteiger partial charge in [0, 0.05) is 17.8 Å². The molecule has 0 bridgehead atoms. The molecular weight excluding hydrogens is 453 g/mol. The average Bonchev–Trinajstić information content (AvgIpc) is 2.75. The van der Waals surface area contributed by atoms with Gasteiger partial charge in [-0.05, 0) is 54.2 Å². The van der Waals surface area contributed by atoms with Crippen molar-refractivity contribution in [3.05, 3.63) is 95.8 Å². The van der Waals surface area contributed by atoms with Crippen LogP contribution in [0.4, 0.5) is 15.8 Å². The van der Waals surface area contributed by atoms with Gasteiger partial charge in [-0.2, -0.15) is 8.42 Å². The van der Waals surface area contributed by atoms with Crippen molar-refractivity contribution in [1.82, 2.24) is 5.32 Å². The van der Waals surface area contributed by atoms with Gasteiger partial charge in [-0.3, -0.25) is 9.35 Å². The van der Waals surface area contributed by atoms with Crippen molar-refractivity contribution in [3.8, 4) is 0 Å². The lowest BCUT2D eigenvalue weighted by Crippen LogP contribution is -2.44. The molecule has 1 amide bonds. The minimum absolute atomic E-state index is 0.00769. The van der Waals surface area contributed by atoms with Gasteiger partial charge >= 0.3 is 0 Å². The van der Waals surface area contributed by atoms with Crippen LogP contribution in [-0.4, -0.2) is 29.4 Å². The number of benzene rings is 3. The lowest BCUT2D eigenvalue weighted by Gasteiger charge is -2.18. The van der Waals surface area contributed by atoms with Crippen molar-refractivity contribution in [2.24, 2.45) is 0 Å². The van der Waals surface area contributed by atoms with E-state index >= 15 is 0 Å². The van der Waals surface area contributed by atoms with Crippen LogP contribution in [0.15, 0.2) is 78.9 Å². The summed E-state index contributed by atoms with van der Waals surface area (Å²) in [6.45, 7) is 0. The fourth-order valence-corrected chi connectivity index (χ4v) is 3.86. The molecule has 0 aliphatic carbocycles. The molecule has 0 aliphatic rings. The number of thiocarbonyl (C=S) groups is 1. The zero-order valence-corrected chi connectivity index (χ0v) is 18.3. The van der Waals surface area contributed by atoms with Gasteiger partial charge in [0.05, 0.1) is 5.56 Å². The van der Waals surface area contributed by atoms with E-state index in [4.69, 9.17) is 12.2 Å². The Morgan fingerprint density at radius 3 is 2.06 bits per heavy atom. The zero-order chi connectivity index (χ0) is 23.1. The standard InChI is InChI=1S/C22H20FN3O4S2/c23-19-9-5-4-8-18(19)21(27)24-16-10-12-17(13-11-16)25-22(31)26-20(32(28,29)30)14-15-6-2-1-3-7-15/h1-13,20H,14H2,(H,24,27)(H2,25,26,31)(H,28,29,30). The first-order valence-electron chi connectivity index (χ1n) is 9.46. The molecular formula is C22H20FN3O4S2. The molecule has 0 aromatic heterocycles. The smallest absolute Gasteiger partial charge is 0.286 e. The average molecular weight is 474 g/mol. The largest absolute Gasteiger partial charge is 0.344 e. The fraction of sp³-hybridized carbons (Fsp3) is 0.0909. The molecule has 0 fully saturated rings. The molecule has 32 heavy (non-hydrogen) atoms. The molecule has 3 rings (SSSR count). The van der Waals surface area contributed by atoms with Gasteiger partial charge in [-0.1, -0.05) is 42.5 Å². The number of nitrogens with one attached hydrogen (secondary N) is 3. The summed E-state index contributed by atoms with van der Waals surface area (Å²) in [5.41, 5.74) is 1.58. The summed E-state index contributed by atoms with van der Waals surface area (Å²) in [7, 11) is -4.42. The van der Waals surface area contributed by atoms with E-state index in [1.54, 1.807) is 60.7 Å². The lowest BCUT2D eigenvalue weighted by molar-refractivity contribution is 0.102. The second kappa shape index (κ2) is 10.3. The molecule has 0 radical (unpaired) electrons. The number of hydrogen-bond acceptors (Lipinski definition) is 4. The minimum Gasteiger partial charge on any atom is -0.344 e. The number of halogens is 1. The van der Waals surface area contributed by atoms with Crippen molar-refractivity contribution >= 4 is 44.7 Å². The summed E-state index contributed by atoms with van der Waals surface area (Å²) in [5, 5.41) is 6.68. The predicted molar refractivity (Wildman–Crippen MR) is 126 cm³/mol. The maximum atomic E-state index is 13.7. The molecule has 3 aromatic carbocycles. The van der Waals surface area contributed by atoms with Gasteiger partial charge in [0.15, 0.2) is 10.5 Å². The first-order valence-corrected chi connectivity index (χ1v) is 11.4. The van der Waals surface area contributed by atoms with Gasteiger partial charge in [0.25, 0.3) is 16.0 Å². The molecule has 1 unspecified atom stereocenters. The Bertz CT molecular complexity index is 1200. The van der Waals surface area contributed by atoms with Crippen molar-refractivity contribution in [2.75, 3.05) is 10.6 Å². The van der Waals surface area contributed by atoms with E-state index in [1.807, 2.05) is 0 Å². The highest BCUT2D eigenvalue weighted by Crippen LogP contribution is 2.16. The van der Waals surface area contributed by atoms with E-state index < -0.39 is 27.2 Å². The Morgan fingerprint density at radius 1 is 0.906 bits per heavy atom. The Kier molecular flexibility index (Phi) is 7.52. The van der Waals surface area contributed by atoms with E-state index in [-0.39, 0.29) is 17.1 Å². The van der Waals surface area contributed by atoms with Crippen molar-refractivity contribution in [2.45, 2.75) is 11.8 Å². The highest BCUT2D eigenvalue weighted by molar-refractivity contribution is 7.86. The predicted octanol–water partition coefficient (Wildman–Crippen LogP) is 3.82. The van der Waals surface area contributed by atoms with E-state index in [1.165, 1.54) is 18.2 Å². The van der Waals surface area contributed by atoms with Crippen LogP contribution in [0.5, 0.6) is 0 Å². The summed E-state index contributed by atoms with van der Waals surface area (Å²) >= 11 is 5.17. The summed E-state index contributed by atoms with van der Waals surface area (Å²) in [6, 6.07) is 20.8. The Balaban J connectivity index is 1.61. The van der Waals surface area contributed by atoms with E-state index in [0.717, 1.165) is 0 Å². The molecule has 0 spiro atoms. The number of amides is 1. The molecule has 0 saturated carbocycles. The quantitative estimate of drug-likeness (QED) is 0.305. The van der Waals surface area contributed by atoms with E-state index in [2.05, 4.69) is 16.0 Å². The van der Waals surface area contributed by atoms with Crippen LogP contribution >= 0.6 is 12.2 Å². The number of hydrogen-bond donors (Lipinski definition) is 4. The monoisotopic (exact) mass is 473 g/mol. The van der Waals surface area contributed by atoms with Crippen molar-refractivity contribution in [3.63, 3.8) is 0 Å². The SMILES string of the molecule is O=C(Nc1ccc(NC(=S)NC(Cc2ccccc2)S(=O)(=O)O)cc1)c1ccccc1F. The maximum Gasteiger partial charge on any atom is 0.286 e. The van der Waals surface area contributed by atoms with Gasteiger partial charge in [0.1, 0.15) is 5.82 Å². The number of rotatable bonds is 7.